The molecule has 0 unspecified atom stereocenters. The zero-order valence-electron chi connectivity index (χ0n) is 10.6. The van der Waals surface area contributed by atoms with Crippen LogP contribution in [0.25, 0.3) is 0 Å². The van der Waals surface area contributed by atoms with Crippen LogP contribution in [0.15, 0.2) is 47.5 Å². The van der Waals surface area contributed by atoms with Crippen LogP contribution in [0, 0.1) is 10.1 Å². The lowest BCUT2D eigenvalue weighted by Crippen LogP contribution is -1.94. The number of non-ortho nitro benzene ring substituents is 1. The highest BCUT2D eigenvalue weighted by Gasteiger charge is 2.09. The number of hydrogen-bond acceptors (Lipinski definition) is 5. The van der Waals surface area contributed by atoms with Gasteiger partial charge >= 0.3 is 5.97 Å². The van der Waals surface area contributed by atoms with Crippen molar-refractivity contribution < 1.29 is 19.9 Å². The van der Waals surface area contributed by atoms with Crippen molar-refractivity contribution in [3.8, 4) is 5.75 Å². The van der Waals surface area contributed by atoms with E-state index in [-0.39, 0.29) is 22.6 Å². The molecule has 0 spiro atoms. The predicted octanol–water partition coefficient (Wildman–Crippen LogP) is 2.75. The lowest BCUT2D eigenvalue weighted by Gasteiger charge is -1.99. The van der Waals surface area contributed by atoms with Crippen LogP contribution in [-0.2, 0) is 0 Å². The molecule has 7 heteroatoms. The van der Waals surface area contributed by atoms with Crippen LogP contribution in [0.5, 0.6) is 5.75 Å². The van der Waals surface area contributed by atoms with E-state index in [0.29, 0.717) is 5.69 Å². The molecule has 0 amide bonds. The molecule has 0 radical (unpaired) electrons. The summed E-state index contributed by atoms with van der Waals surface area (Å²) in [5, 5.41) is 29.2. The quantitative estimate of drug-likeness (QED) is 0.509. The van der Waals surface area contributed by atoms with Crippen molar-refractivity contribution in [3.05, 3.63) is 63.7 Å². The molecule has 0 aliphatic heterocycles. The summed E-state index contributed by atoms with van der Waals surface area (Å²) in [7, 11) is 0. The third-order valence-electron chi connectivity index (χ3n) is 2.67. The van der Waals surface area contributed by atoms with Gasteiger partial charge in [-0.3, -0.25) is 15.1 Å². The van der Waals surface area contributed by atoms with Crippen molar-refractivity contribution in [2.75, 3.05) is 0 Å². The Hall–Kier alpha value is -3.22. The normalized spacial score (nSPS) is 10.7. The second-order valence-electron chi connectivity index (χ2n) is 4.11. The highest BCUT2D eigenvalue weighted by molar-refractivity contribution is 5.90. The number of nitrogens with zero attached hydrogens (tertiary/aromatic N) is 2. The highest BCUT2D eigenvalue weighted by atomic mass is 16.6. The smallest absolute Gasteiger partial charge is 0.335 e. The molecule has 0 aromatic heterocycles. The Morgan fingerprint density at radius 3 is 2.67 bits per heavy atom. The van der Waals surface area contributed by atoms with Gasteiger partial charge in [-0.25, -0.2) is 4.79 Å². The van der Waals surface area contributed by atoms with E-state index >= 15 is 0 Å². The highest BCUT2D eigenvalue weighted by Crippen LogP contribution is 2.22. The van der Waals surface area contributed by atoms with Crippen LogP contribution in [0.3, 0.4) is 0 Å². The summed E-state index contributed by atoms with van der Waals surface area (Å²) in [6, 6.07) is 9.45. The molecular formula is C14H10N2O5. The number of phenolic OH excluding ortho intramolecular Hbond substituents is 1. The molecule has 7 nitrogen and oxygen atoms in total. The summed E-state index contributed by atoms with van der Waals surface area (Å²) < 4.78 is 0. The van der Waals surface area contributed by atoms with E-state index in [1.165, 1.54) is 42.6 Å². The summed E-state index contributed by atoms with van der Waals surface area (Å²) >= 11 is 0. The maximum absolute atomic E-state index is 10.8. The van der Waals surface area contributed by atoms with Gasteiger partial charge in [0.05, 0.1) is 16.2 Å². The fraction of sp³-hybridized carbons (Fsp3) is 0. The predicted molar refractivity (Wildman–Crippen MR) is 75.4 cm³/mol. The molecule has 0 bridgehead atoms. The molecule has 0 saturated carbocycles. The largest absolute Gasteiger partial charge is 0.507 e. The number of hydrogen-bond donors (Lipinski definition) is 2. The molecule has 21 heavy (non-hydrogen) atoms. The lowest BCUT2D eigenvalue weighted by atomic mass is 10.2. The van der Waals surface area contributed by atoms with Gasteiger partial charge in [-0.1, -0.05) is 6.07 Å². The van der Waals surface area contributed by atoms with E-state index in [0.717, 1.165) is 0 Å². The van der Waals surface area contributed by atoms with Crippen LogP contribution in [-0.4, -0.2) is 27.3 Å². The first kappa shape index (κ1) is 14.2. The molecule has 0 heterocycles. The summed E-state index contributed by atoms with van der Waals surface area (Å²) in [6.45, 7) is 0. The van der Waals surface area contributed by atoms with Crippen LogP contribution >= 0.6 is 0 Å². The molecule has 0 atom stereocenters. The van der Waals surface area contributed by atoms with Crippen molar-refractivity contribution in [1.82, 2.24) is 0 Å². The molecular weight excluding hydrogens is 276 g/mol. The Morgan fingerprint density at radius 2 is 2.00 bits per heavy atom. The minimum Gasteiger partial charge on any atom is -0.507 e. The number of nitro benzene ring substituents is 1. The van der Waals surface area contributed by atoms with E-state index in [4.69, 9.17) is 5.11 Å². The number of benzene rings is 2. The Labute approximate surface area is 119 Å². The van der Waals surface area contributed by atoms with Crippen molar-refractivity contribution in [1.29, 1.82) is 0 Å². The number of aromatic hydroxyl groups is 1. The van der Waals surface area contributed by atoms with Crippen LogP contribution in [0.4, 0.5) is 11.4 Å². The lowest BCUT2D eigenvalue weighted by molar-refractivity contribution is -0.384. The third kappa shape index (κ3) is 3.41. The number of carbonyl (C=O) groups is 1. The SMILES string of the molecule is O=C(O)c1cccc(N=Cc2cc([N+](=O)[O-])ccc2O)c1. The third-order valence-corrected chi connectivity index (χ3v) is 2.67. The Kier molecular flexibility index (Phi) is 3.94. The maximum atomic E-state index is 10.8. The first-order valence-corrected chi connectivity index (χ1v) is 5.82. The number of phenols is 1. The van der Waals surface area contributed by atoms with Gasteiger partial charge in [-0.15, -0.1) is 0 Å². The Morgan fingerprint density at radius 1 is 1.24 bits per heavy atom. The minimum atomic E-state index is -1.08. The zero-order valence-corrected chi connectivity index (χ0v) is 10.6. The zero-order chi connectivity index (χ0) is 15.4. The van der Waals surface area contributed by atoms with E-state index in [1.807, 2.05) is 0 Å². The Bertz CT molecular complexity index is 740. The Balaban J connectivity index is 2.33. The van der Waals surface area contributed by atoms with E-state index in [2.05, 4.69) is 4.99 Å². The summed E-state index contributed by atoms with van der Waals surface area (Å²) in [6.07, 6.45) is 1.24. The number of carboxylic acids is 1. The average molecular weight is 286 g/mol. The van der Waals surface area contributed by atoms with Crippen molar-refractivity contribution in [3.63, 3.8) is 0 Å². The molecule has 106 valence electrons. The van der Waals surface area contributed by atoms with Crippen LogP contribution in [0.1, 0.15) is 15.9 Å². The van der Waals surface area contributed by atoms with Gasteiger partial charge in [0.25, 0.3) is 5.69 Å². The molecule has 0 aliphatic carbocycles. The molecule has 2 aromatic carbocycles. The van der Waals surface area contributed by atoms with Crippen molar-refractivity contribution in [2.24, 2.45) is 4.99 Å². The van der Waals surface area contributed by atoms with Gasteiger partial charge in [0.2, 0.25) is 0 Å². The van der Waals surface area contributed by atoms with E-state index in [1.54, 1.807) is 6.07 Å². The van der Waals surface area contributed by atoms with E-state index in [9.17, 15) is 20.0 Å². The first-order chi connectivity index (χ1) is 9.97. The van der Waals surface area contributed by atoms with Gasteiger partial charge in [0, 0.05) is 23.9 Å². The fourth-order valence-electron chi connectivity index (χ4n) is 1.62. The molecule has 0 aliphatic rings. The summed E-state index contributed by atoms with van der Waals surface area (Å²) in [5.74, 6) is -1.23. The summed E-state index contributed by atoms with van der Waals surface area (Å²) in [5.41, 5.74) is 0.437. The second-order valence-corrected chi connectivity index (χ2v) is 4.11. The summed E-state index contributed by atoms with van der Waals surface area (Å²) in [4.78, 5) is 24.9. The van der Waals surface area contributed by atoms with Crippen molar-refractivity contribution in [2.45, 2.75) is 0 Å². The first-order valence-electron chi connectivity index (χ1n) is 5.82. The number of carboxylic acid groups (broad SMARTS) is 1. The number of aromatic carboxylic acids is 1. The van der Waals surface area contributed by atoms with Gasteiger partial charge < -0.3 is 10.2 Å². The standard InChI is InChI=1S/C14H10N2O5/c17-13-5-4-12(16(20)21)7-10(13)8-15-11-3-1-2-9(6-11)14(18)19/h1-8,17H,(H,18,19). The molecule has 0 saturated heterocycles. The van der Waals surface area contributed by atoms with Crippen LogP contribution in [0.2, 0.25) is 0 Å². The van der Waals surface area contributed by atoms with Gasteiger partial charge in [0.15, 0.2) is 0 Å². The number of aliphatic imine (C=N–C) groups is 1. The topological polar surface area (TPSA) is 113 Å². The maximum Gasteiger partial charge on any atom is 0.335 e. The fourth-order valence-corrected chi connectivity index (χ4v) is 1.62. The number of nitro groups is 1. The average Bonchev–Trinajstić information content (AvgIpc) is 2.46. The van der Waals surface area contributed by atoms with Crippen molar-refractivity contribution >= 4 is 23.6 Å². The monoisotopic (exact) mass is 286 g/mol. The van der Waals surface area contributed by atoms with Gasteiger partial charge in [-0.05, 0) is 24.3 Å². The van der Waals surface area contributed by atoms with Crippen LogP contribution < -0.4 is 0 Å². The molecule has 0 fully saturated rings. The van der Waals surface area contributed by atoms with Gasteiger partial charge in [0.1, 0.15) is 5.75 Å². The molecule has 2 rings (SSSR count). The second kappa shape index (κ2) is 5.83. The molecule has 2 aromatic rings. The van der Waals surface area contributed by atoms with E-state index < -0.39 is 10.9 Å². The van der Waals surface area contributed by atoms with Gasteiger partial charge in [-0.2, -0.15) is 0 Å². The molecule has 2 N–H and O–H groups in total. The minimum absolute atomic E-state index is 0.0768. The number of rotatable bonds is 4.